The van der Waals surface area contributed by atoms with Crippen LogP contribution in [0.5, 0.6) is 5.75 Å². The van der Waals surface area contributed by atoms with Crippen LogP contribution >= 0.6 is 15.9 Å². The molecule has 0 bridgehead atoms. The summed E-state index contributed by atoms with van der Waals surface area (Å²) in [6, 6.07) is 12.0. The average molecular weight is 349 g/mol. The molecule has 0 aliphatic heterocycles. The topological polar surface area (TPSA) is 48.1 Å². The molecule has 1 aromatic heterocycles. The molecular weight excluding hydrogens is 328 g/mol. The van der Waals surface area contributed by atoms with E-state index < -0.39 is 0 Å². The monoisotopic (exact) mass is 348 g/mol. The fourth-order valence-electron chi connectivity index (χ4n) is 2.02. The van der Waals surface area contributed by atoms with Crippen LogP contribution in [0.2, 0.25) is 0 Å². The maximum absolute atomic E-state index is 6.24. The van der Waals surface area contributed by atoms with E-state index in [-0.39, 0.29) is 6.04 Å². The number of nitrogens with zero attached hydrogens (tertiary/aromatic N) is 1. The summed E-state index contributed by atoms with van der Waals surface area (Å²) in [5.41, 5.74) is 8.34. The molecule has 3 nitrogen and oxygen atoms in total. The molecule has 0 spiro atoms. The smallest absolute Gasteiger partial charge is 0.119 e. The molecule has 0 radical (unpaired) electrons. The molecule has 1 atom stereocenters. The number of ether oxygens (including phenoxy) is 1. The molecule has 0 fully saturated rings. The van der Waals surface area contributed by atoms with Gasteiger partial charge in [0.2, 0.25) is 0 Å². The summed E-state index contributed by atoms with van der Waals surface area (Å²) in [6.45, 7) is 2.92. The molecule has 21 heavy (non-hydrogen) atoms. The quantitative estimate of drug-likeness (QED) is 0.760. The van der Waals surface area contributed by atoms with E-state index in [1.807, 2.05) is 36.4 Å². The molecule has 1 heterocycles. The van der Waals surface area contributed by atoms with Gasteiger partial charge in [-0.3, -0.25) is 4.98 Å². The second kappa shape index (κ2) is 8.15. The van der Waals surface area contributed by atoms with Gasteiger partial charge in [-0.2, -0.15) is 0 Å². The maximum atomic E-state index is 6.24. The molecule has 1 unspecified atom stereocenters. The number of aromatic nitrogens is 1. The number of pyridine rings is 1. The number of unbranched alkanes of at least 4 members (excludes halogenated alkanes) is 1. The molecule has 1 aromatic carbocycles. The van der Waals surface area contributed by atoms with Crippen molar-refractivity contribution in [2.45, 2.75) is 32.2 Å². The standard InChI is InChI=1S/C17H21BrN2O/c1-2-3-10-21-16-8-4-13(5-9-16)17(19)11-15-7-6-14(18)12-20-15/h4-9,12,17H,2-3,10-11,19H2,1H3. The number of benzene rings is 1. The SMILES string of the molecule is CCCCOc1ccc(C(N)Cc2ccc(Br)cn2)cc1. The van der Waals surface area contributed by atoms with Gasteiger partial charge in [0.25, 0.3) is 0 Å². The highest BCUT2D eigenvalue weighted by atomic mass is 79.9. The van der Waals surface area contributed by atoms with Crippen LogP contribution in [0.3, 0.4) is 0 Å². The van der Waals surface area contributed by atoms with E-state index in [0.717, 1.165) is 47.3 Å². The summed E-state index contributed by atoms with van der Waals surface area (Å²) in [7, 11) is 0. The number of rotatable bonds is 7. The predicted molar refractivity (Wildman–Crippen MR) is 89.4 cm³/mol. The molecule has 4 heteroatoms. The summed E-state index contributed by atoms with van der Waals surface area (Å²) in [4.78, 5) is 4.36. The molecule has 112 valence electrons. The van der Waals surface area contributed by atoms with Gasteiger partial charge in [0.05, 0.1) is 6.61 Å². The Bertz CT molecular complexity index is 540. The van der Waals surface area contributed by atoms with Gasteiger partial charge in [-0.15, -0.1) is 0 Å². The number of hydrogen-bond acceptors (Lipinski definition) is 3. The summed E-state index contributed by atoms with van der Waals surface area (Å²) in [6.07, 6.45) is 4.75. The summed E-state index contributed by atoms with van der Waals surface area (Å²) in [5, 5.41) is 0. The number of halogens is 1. The zero-order valence-corrected chi connectivity index (χ0v) is 13.8. The highest BCUT2D eigenvalue weighted by Crippen LogP contribution is 2.20. The van der Waals surface area contributed by atoms with Crippen molar-refractivity contribution in [2.24, 2.45) is 5.73 Å². The van der Waals surface area contributed by atoms with E-state index in [1.165, 1.54) is 0 Å². The van der Waals surface area contributed by atoms with E-state index in [9.17, 15) is 0 Å². The Hall–Kier alpha value is -1.39. The molecule has 0 aliphatic carbocycles. The first-order valence-electron chi connectivity index (χ1n) is 7.28. The van der Waals surface area contributed by atoms with Crippen LogP contribution in [0.4, 0.5) is 0 Å². The van der Waals surface area contributed by atoms with E-state index >= 15 is 0 Å². The van der Waals surface area contributed by atoms with Gasteiger partial charge in [0, 0.05) is 28.8 Å². The fraction of sp³-hybridized carbons (Fsp3) is 0.353. The number of hydrogen-bond donors (Lipinski definition) is 1. The van der Waals surface area contributed by atoms with Gasteiger partial charge in [0.1, 0.15) is 5.75 Å². The van der Waals surface area contributed by atoms with Crippen molar-refractivity contribution in [2.75, 3.05) is 6.61 Å². The Balaban J connectivity index is 1.93. The van der Waals surface area contributed by atoms with Crippen molar-refractivity contribution in [1.82, 2.24) is 4.98 Å². The van der Waals surface area contributed by atoms with Gasteiger partial charge in [0.15, 0.2) is 0 Å². The molecular formula is C17H21BrN2O. The molecule has 2 N–H and O–H groups in total. The second-order valence-electron chi connectivity index (χ2n) is 5.05. The highest BCUT2D eigenvalue weighted by molar-refractivity contribution is 9.10. The zero-order valence-electron chi connectivity index (χ0n) is 12.3. The first-order valence-corrected chi connectivity index (χ1v) is 8.07. The van der Waals surface area contributed by atoms with E-state index in [0.29, 0.717) is 0 Å². The second-order valence-corrected chi connectivity index (χ2v) is 5.97. The van der Waals surface area contributed by atoms with Crippen LogP contribution in [-0.4, -0.2) is 11.6 Å². The van der Waals surface area contributed by atoms with Crippen LogP contribution in [0.25, 0.3) is 0 Å². The lowest BCUT2D eigenvalue weighted by Gasteiger charge is -2.13. The van der Waals surface area contributed by atoms with E-state index in [2.05, 4.69) is 27.8 Å². The third-order valence-corrected chi connectivity index (χ3v) is 3.76. The lowest BCUT2D eigenvalue weighted by molar-refractivity contribution is 0.309. The Labute approximate surface area is 134 Å². The van der Waals surface area contributed by atoms with Crippen molar-refractivity contribution < 1.29 is 4.74 Å². The lowest BCUT2D eigenvalue weighted by Crippen LogP contribution is -2.14. The molecule has 2 rings (SSSR count). The van der Waals surface area contributed by atoms with Crippen LogP contribution < -0.4 is 10.5 Å². The lowest BCUT2D eigenvalue weighted by atomic mass is 10.0. The van der Waals surface area contributed by atoms with Gasteiger partial charge in [-0.1, -0.05) is 25.5 Å². The van der Waals surface area contributed by atoms with Crippen molar-refractivity contribution >= 4 is 15.9 Å². The Morgan fingerprint density at radius 1 is 1.19 bits per heavy atom. The van der Waals surface area contributed by atoms with Crippen LogP contribution in [0, 0.1) is 0 Å². The zero-order chi connectivity index (χ0) is 15.1. The first kappa shape index (κ1) is 16.0. The Morgan fingerprint density at radius 2 is 1.95 bits per heavy atom. The van der Waals surface area contributed by atoms with Crippen LogP contribution in [0.1, 0.15) is 37.1 Å². The summed E-state index contributed by atoms with van der Waals surface area (Å²) >= 11 is 3.38. The minimum absolute atomic E-state index is 0.0524. The van der Waals surface area contributed by atoms with E-state index in [1.54, 1.807) is 6.20 Å². The normalized spacial score (nSPS) is 12.1. The van der Waals surface area contributed by atoms with Crippen LogP contribution in [0.15, 0.2) is 47.1 Å². The van der Waals surface area contributed by atoms with Crippen LogP contribution in [-0.2, 0) is 6.42 Å². The molecule has 0 saturated carbocycles. The van der Waals surface area contributed by atoms with Crippen molar-refractivity contribution in [3.63, 3.8) is 0 Å². The van der Waals surface area contributed by atoms with Gasteiger partial charge in [-0.05, 0) is 52.2 Å². The first-order chi connectivity index (χ1) is 10.2. The third kappa shape index (κ3) is 5.14. The van der Waals surface area contributed by atoms with Gasteiger partial charge < -0.3 is 10.5 Å². The molecule has 0 amide bonds. The largest absolute Gasteiger partial charge is 0.494 e. The highest BCUT2D eigenvalue weighted by Gasteiger charge is 2.08. The maximum Gasteiger partial charge on any atom is 0.119 e. The van der Waals surface area contributed by atoms with Crippen molar-refractivity contribution in [1.29, 1.82) is 0 Å². The Kier molecular flexibility index (Phi) is 6.21. The molecule has 0 saturated heterocycles. The van der Waals surface area contributed by atoms with Gasteiger partial charge >= 0.3 is 0 Å². The summed E-state index contributed by atoms with van der Waals surface area (Å²) < 4.78 is 6.63. The average Bonchev–Trinajstić information content (AvgIpc) is 2.50. The minimum atomic E-state index is -0.0524. The molecule has 0 aliphatic rings. The Morgan fingerprint density at radius 3 is 2.57 bits per heavy atom. The van der Waals surface area contributed by atoms with Gasteiger partial charge in [-0.25, -0.2) is 0 Å². The van der Waals surface area contributed by atoms with Crippen molar-refractivity contribution in [3.8, 4) is 5.75 Å². The molecule has 2 aromatic rings. The van der Waals surface area contributed by atoms with E-state index in [4.69, 9.17) is 10.5 Å². The fourth-order valence-corrected chi connectivity index (χ4v) is 2.25. The number of nitrogens with two attached hydrogens (primary N) is 1. The predicted octanol–water partition coefficient (Wildman–Crippen LogP) is 4.27. The minimum Gasteiger partial charge on any atom is -0.494 e. The third-order valence-electron chi connectivity index (χ3n) is 3.29. The van der Waals surface area contributed by atoms with Crippen molar-refractivity contribution in [3.05, 3.63) is 58.3 Å². The summed E-state index contributed by atoms with van der Waals surface area (Å²) in [5.74, 6) is 0.904.